The van der Waals surface area contributed by atoms with Gasteiger partial charge in [-0.25, -0.2) is 0 Å². The van der Waals surface area contributed by atoms with Crippen molar-refractivity contribution in [3.05, 3.63) is 12.2 Å². The highest BCUT2D eigenvalue weighted by Gasteiger charge is 2.81. The molecule has 0 saturated heterocycles. The molecule has 10 atom stereocenters. The van der Waals surface area contributed by atoms with Crippen LogP contribution in [0.15, 0.2) is 12.2 Å². The van der Waals surface area contributed by atoms with Crippen molar-refractivity contribution in [2.45, 2.75) is 118 Å². The molecular formula is C30H50O. The molecule has 5 aliphatic carbocycles. The summed E-state index contributed by atoms with van der Waals surface area (Å²) in [6, 6.07) is 0. The van der Waals surface area contributed by atoms with Gasteiger partial charge in [-0.2, -0.15) is 0 Å². The molecule has 176 valence electrons. The van der Waals surface area contributed by atoms with E-state index in [-0.39, 0.29) is 6.10 Å². The van der Waals surface area contributed by atoms with Gasteiger partial charge in [-0.05, 0) is 128 Å². The summed E-state index contributed by atoms with van der Waals surface area (Å²) >= 11 is 0. The van der Waals surface area contributed by atoms with Gasteiger partial charge in [0.1, 0.15) is 0 Å². The van der Waals surface area contributed by atoms with E-state index in [1.165, 1.54) is 69.8 Å². The van der Waals surface area contributed by atoms with Crippen molar-refractivity contribution in [2.75, 3.05) is 0 Å². The van der Waals surface area contributed by atoms with Crippen molar-refractivity contribution >= 4 is 0 Å². The molecule has 2 spiro atoms. The van der Waals surface area contributed by atoms with E-state index in [2.05, 4.69) is 48.1 Å². The zero-order valence-corrected chi connectivity index (χ0v) is 21.5. The summed E-state index contributed by atoms with van der Waals surface area (Å²) in [7, 11) is 0. The van der Waals surface area contributed by atoms with Crippen molar-refractivity contribution < 1.29 is 5.11 Å². The molecule has 1 N–H and O–H groups in total. The fourth-order valence-corrected chi connectivity index (χ4v) is 10.9. The van der Waals surface area contributed by atoms with Crippen LogP contribution in [0.3, 0.4) is 0 Å². The third-order valence-corrected chi connectivity index (χ3v) is 13.1. The SMILES string of the molecule is C=C(CC[C@@H](C)[C@H]1CC[C@@]2(C)C3CC[C@H]4[C@H](C)[C@@H](O)CC[C@@]45C[C@@]35CC[C@]12C)C(C)C. The topological polar surface area (TPSA) is 20.2 Å². The standard InChI is InChI=1S/C30H50O/c1-19(2)20(3)8-9-21(4)23-12-14-28(7)26-11-10-24-22(5)25(31)13-15-29(24)18-30(26,29)17-16-27(23,28)6/h19,21-26,31H,3,8-18H2,1-2,4-7H3/t21-,22+,23-,24+,25+,26?,27-,28+,29-,30+/m1/s1. The lowest BCUT2D eigenvalue weighted by Crippen LogP contribution is -2.55. The van der Waals surface area contributed by atoms with Crippen molar-refractivity contribution in [3.63, 3.8) is 0 Å². The fourth-order valence-electron chi connectivity index (χ4n) is 10.9. The second-order valence-corrected chi connectivity index (χ2v) is 14.0. The molecule has 0 radical (unpaired) electrons. The molecule has 0 aromatic rings. The van der Waals surface area contributed by atoms with Gasteiger partial charge in [0.05, 0.1) is 6.10 Å². The lowest BCUT2D eigenvalue weighted by atomic mass is 9.43. The third-order valence-electron chi connectivity index (χ3n) is 13.1. The predicted octanol–water partition coefficient (Wildman–Crippen LogP) is 8.02. The van der Waals surface area contributed by atoms with Gasteiger partial charge in [0.2, 0.25) is 0 Å². The maximum Gasteiger partial charge on any atom is 0.0568 e. The summed E-state index contributed by atoms with van der Waals surface area (Å²) < 4.78 is 0. The first-order chi connectivity index (χ1) is 14.5. The van der Waals surface area contributed by atoms with Crippen LogP contribution in [0.2, 0.25) is 0 Å². The average molecular weight is 427 g/mol. The smallest absolute Gasteiger partial charge is 0.0568 e. The number of aliphatic hydroxyl groups is 1. The van der Waals surface area contributed by atoms with Gasteiger partial charge >= 0.3 is 0 Å². The van der Waals surface area contributed by atoms with Crippen LogP contribution in [0.25, 0.3) is 0 Å². The van der Waals surface area contributed by atoms with Gasteiger partial charge in [-0.1, -0.05) is 53.7 Å². The van der Waals surface area contributed by atoms with Crippen molar-refractivity contribution in [1.29, 1.82) is 0 Å². The molecule has 1 nitrogen and oxygen atoms in total. The number of allylic oxidation sites excluding steroid dienone is 1. The van der Waals surface area contributed by atoms with E-state index in [0.29, 0.717) is 33.5 Å². The first kappa shape index (κ1) is 22.5. The maximum absolute atomic E-state index is 10.6. The molecule has 1 heteroatoms. The predicted molar refractivity (Wildman–Crippen MR) is 131 cm³/mol. The number of hydrogen-bond acceptors (Lipinski definition) is 1. The van der Waals surface area contributed by atoms with E-state index in [0.717, 1.165) is 30.1 Å². The minimum Gasteiger partial charge on any atom is -0.393 e. The van der Waals surface area contributed by atoms with E-state index in [1.807, 2.05) is 0 Å². The van der Waals surface area contributed by atoms with Crippen molar-refractivity contribution in [2.24, 2.45) is 57.2 Å². The second-order valence-electron chi connectivity index (χ2n) is 14.0. The van der Waals surface area contributed by atoms with Crippen LogP contribution in [0.5, 0.6) is 0 Å². The van der Waals surface area contributed by atoms with Gasteiger partial charge in [-0.3, -0.25) is 0 Å². The highest BCUT2D eigenvalue weighted by Crippen LogP contribution is 2.88. The number of fused-ring (bicyclic) bond motifs is 2. The molecular weight excluding hydrogens is 376 g/mol. The summed E-state index contributed by atoms with van der Waals surface area (Å²) in [6.45, 7) is 19.4. The molecule has 0 aromatic carbocycles. The Balaban J connectivity index is 1.37. The summed E-state index contributed by atoms with van der Waals surface area (Å²) in [5.41, 5.74) is 3.76. The van der Waals surface area contributed by atoms with Gasteiger partial charge in [0.25, 0.3) is 0 Å². The van der Waals surface area contributed by atoms with Gasteiger partial charge in [0.15, 0.2) is 0 Å². The van der Waals surface area contributed by atoms with Crippen LogP contribution in [-0.4, -0.2) is 11.2 Å². The second kappa shape index (κ2) is 7.10. The molecule has 0 amide bonds. The van der Waals surface area contributed by atoms with Crippen molar-refractivity contribution in [1.82, 2.24) is 0 Å². The zero-order chi connectivity index (χ0) is 22.4. The molecule has 0 aromatic heterocycles. The molecule has 0 heterocycles. The first-order valence-electron chi connectivity index (χ1n) is 13.9. The Morgan fingerprint density at radius 1 is 0.935 bits per heavy atom. The Hall–Kier alpha value is -0.300. The highest BCUT2D eigenvalue weighted by atomic mass is 16.3. The van der Waals surface area contributed by atoms with E-state index >= 15 is 0 Å². The lowest BCUT2D eigenvalue weighted by Gasteiger charge is -2.62. The van der Waals surface area contributed by atoms with Gasteiger partial charge in [0, 0.05) is 0 Å². The van der Waals surface area contributed by atoms with E-state index in [1.54, 1.807) is 0 Å². The Bertz CT molecular complexity index is 739. The fraction of sp³-hybridized carbons (Fsp3) is 0.933. The van der Waals surface area contributed by atoms with Crippen LogP contribution in [0.1, 0.15) is 112 Å². The Morgan fingerprint density at radius 3 is 2.39 bits per heavy atom. The molecule has 5 fully saturated rings. The number of hydrogen-bond donors (Lipinski definition) is 1. The molecule has 5 rings (SSSR count). The molecule has 0 bridgehead atoms. The molecule has 31 heavy (non-hydrogen) atoms. The van der Waals surface area contributed by atoms with Gasteiger partial charge < -0.3 is 5.11 Å². The van der Waals surface area contributed by atoms with E-state index < -0.39 is 0 Å². The minimum absolute atomic E-state index is 0.0356. The molecule has 0 aliphatic heterocycles. The summed E-state index contributed by atoms with van der Waals surface area (Å²) in [4.78, 5) is 0. The lowest BCUT2D eigenvalue weighted by molar-refractivity contribution is -0.142. The maximum atomic E-state index is 10.6. The summed E-state index contributed by atoms with van der Waals surface area (Å²) in [5.74, 6) is 4.63. The molecule has 5 saturated carbocycles. The number of aliphatic hydroxyl groups excluding tert-OH is 1. The Morgan fingerprint density at radius 2 is 1.68 bits per heavy atom. The van der Waals surface area contributed by atoms with E-state index in [4.69, 9.17) is 0 Å². The average Bonchev–Trinajstić information content (AvgIpc) is 3.31. The zero-order valence-electron chi connectivity index (χ0n) is 21.5. The first-order valence-corrected chi connectivity index (χ1v) is 13.9. The van der Waals surface area contributed by atoms with Gasteiger partial charge in [-0.15, -0.1) is 0 Å². The largest absolute Gasteiger partial charge is 0.393 e. The monoisotopic (exact) mass is 426 g/mol. The summed E-state index contributed by atoms with van der Waals surface area (Å²) in [5, 5.41) is 10.6. The number of rotatable bonds is 5. The Labute approximate surface area is 192 Å². The molecule has 5 aliphatic rings. The third kappa shape index (κ3) is 2.77. The van der Waals surface area contributed by atoms with Crippen LogP contribution in [-0.2, 0) is 0 Å². The van der Waals surface area contributed by atoms with E-state index in [9.17, 15) is 5.11 Å². The molecule has 1 unspecified atom stereocenters. The van der Waals surface area contributed by atoms with Crippen LogP contribution in [0, 0.1) is 57.2 Å². The minimum atomic E-state index is -0.0356. The van der Waals surface area contributed by atoms with Crippen LogP contribution >= 0.6 is 0 Å². The highest BCUT2D eigenvalue weighted by molar-refractivity contribution is 5.29. The Kier molecular flexibility index (Phi) is 5.15. The quantitative estimate of drug-likeness (QED) is 0.441. The normalized spacial score (nSPS) is 53.9. The summed E-state index contributed by atoms with van der Waals surface area (Å²) in [6.07, 6.45) is 15.1. The van der Waals surface area contributed by atoms with Crippen molar-refractivity contribution in [3.8, 4) is 0 Å². The van der Waals surface area contributed by atoms with Crippen LogP contribution in [0.4, 0.5) is 0 Å². The van der Waals surface area contributed by atoms with Crippen LogP contribution < -0.4 is 0 Å².